The second-order valence-electron chi connectivity index (χ2n) is 12.3. The molecule has 9 nitrogen and oxygen atoms in total. The molecule has 0 fully saturated rings. The van der Waals surface area contributed by atoms with Gasteiger partial charge in [-0.1, -0.05) is 83.1 Å². The Labute approximate surface area is 255 Å². The molecule has 3 amide bonds. The van der Waals surface area contributed by atoms with Crippen LogP contribution in [0.1, 0.15) is 64.5 Å². The number of nitrogens with one attached hydrogen (secondary N) is 3. The summed E-state index contributed by atoms with van der Waals surface area (Å²) < 4.78 is 16.3. The Balaban J connectivity index is 1.71. The molecule has 0 radical (unpaired) electrons. The maximum absolute atomic E-state index is 13.6. The number of rotatable bonds is 13. The van der Waals surface area contributed by atoms with E-state index in [2.05, 4.69) is 34.0 Å². The van der Waals surface area contributed by atoms with Gasteiger partial charge < -0.3 is 30.2 Å². The standard InChI is InChI=1S/C34H45N3O6/c1-9-14-27(32(41-7)42-8)35-30(38)28(19-21(2)3)36-31(39)29(34(4,5)6)37-33(40)43-20-26-24-17-12-10-15-22(24)23-16-11-13-18-25(23)26/h1,10-13,15-18,21,26-29,32H,14,19-20H2,2-8H3,(H,35,38)(H,36,39)(H,37,40)/t27-,28-,29+/m0/s1. The number of fused-ring (bicyclic) bond motifs is 3. The molecular formula is C34H45N3O6. The number of benzene rings is 2. The predicted molar refractivity (Wildman–Crippen MR) is 166 cm³/mol. The van der Waals surface area contributed by atoms with Crippen LogP contribution < -0.4 is 16.0 Å². The topological polar surface area (TPSA) is 115 Å². The summed E-state index contributed by atoms with van der Waals surface area (Å²) in [5, 5.41) is 8.46. The Morgan fingerprint density at radius 1 is 0.884 bits per heavy atom. The lowest BCUT2D eigenvalue weighted by Gasteiger charge is -2.32. The summed E-state index contributed by atoms with van der Waals surface area (Å²) in [6.07, 6.45) is 4.58. The molecule has 43 heavy (non-hydrogen) atoms. The minimum atomic E-state index is -0.974. The number of carbonyl (C=O) groups is 3. The SMILES string of the molecule is C#CC[C@H](NC(=O)[C@H](CC(C)C)NC(=O)[C@@H](NC(=O)OCC1c2ccccc2-c2ccccc21)C(C)(C)C)C(OC)OC. The van der Waals surface area contributed by atoms with Crippen LogP contribution in [0.4, 0.5) is 4.79 Å². The third-order valence-corrected chi connectivity index (χ3v) is 7.53. The van der Waals surface area contributed by atoms with E-state index in [0.29, 0.717) is 6.42 Å². The first kappa shape index (κ1) is 33.6. The van der Waals surface area contributed by atoms with E-state index in [1.54, 1.807) is 0 Å². The van der Waals surface area contributed by atoms with Crippen molar-refractivity contribution in [1.82, 2.24) is 16.0 Å². The van der Waals surface area contributed by atoms with Crippen LogP contribution in [0.25, 0.3) is 11.1 Å². The highest BCUT2D eigenvalue weighted by Gasteiger charge is 2.37. The molecule has 0 saturated carbocycles. The van der Waals surface area contributed by atoms with Gasteiger partial charge in [0.2, 0.25) is 11.8 Å². The van der Waals surface area contributed by atoms with Crippen LogP contribution in [0, 0.1) is 23.7 Å². The lowest BCUT2D eigenvalue weighted by atomic mass is 9.86. The zero-order valence-corrected chi connectivity index (χ0v) is 26.2. The van der Waals surface area contributed by atoms with Gasteiger partial charge in [-0.3, -0.25) is 9.59 Å². The first-order valence-electron chi connectivity index (χ1n) is 14.6. The minimum absolute atomic E-state index is 0.0889. The van der Waals surface area contributed by atoms with Crippen molar-refractivity contribution >= 4 is 17.9 Å². The van der Waals surface area contributed by atoms with E-state index in [9.17, 15) is 14.4 Å². The largest absolute Gasteiger partial charge is 0.449 e. The molecule has 0 aromatic heterocycles. The highest BCUT2D eigenvalue weighted by atomic mass is 16.7. The van der Waals surface area contributed by atoms with E-state index in [0.717, 1.165) is 22.3 Å². The number of hydrogen-bond donors (Lipinski definition) is 3. The number of hydrogen-bond acceptors (Lipinski definition) is 6. The lowest BCUT2D eigenvalue weighted by Crippen LogP contribution is -2.59. The maximum Gasteiger partial charge on any atom is 0.407 e. The zero-order chi connectivity index (χ0) is 31.7. The van der Waals surface area contributed by atoms with Crippen LogP contribution >= 0.6 is 0 Å². The van der Waals surface area contributed by atoms with Crippen molar-refractivity contribution in [3.8, 4) is 23.5 Å². The fourth-order valence-corrected chi connectivity index (χ4v) is 5.44. The van der Waals surface area contributed by atoms with E-state index in [4.69, 9.17) is 20.6 Å². The summed E-state index contributed by atoms with van der Waals surface area (Å²) in [7, 11) is 2.92. The quantitative estimate of drug-likeness (QED) is 0.232. The Hall–Kier alpha value is -3.87. The van der Waals surface area contributed by atoms with Crippen LogP contribution in [-0.2, 0) is 23.8 Å². The van der Waals surface area contributed by atoms with Gasteiger partial charge in [-0.2, -0.15) is 0 Å². The third-order valence-electron chi connectivity index (χ3n) is 7.53. The molecule has 9 heteroatoms. The number of alkyl carbamates (subject to hydrolysis) is 1. The van der Waals surface area contributed by atoms with Crippen molar-refractivity contribution < 1.29 is 28.6 Å². The predicted octanol–water partition coefficient (Wildman–Crippen LogP) is 4.60. The molecule has 0 aliphatic heterocycles. The van der Waals surface area contributed by atoms with Gasteiger partial charge in [0.25, 0.3) is 0 Å². The van der Waals surface area contributed by atoms with Gasteiger partial charge in [0.05, 0.1) is 6.04 Å². The van der Waals surface area contributed by atoms with Crippen molar-refractivity contribution in [2.24, 2.45) is 11.3 Å². The van der Waals surface area contributed by atoms with Gasteiger partial charge in [0.1, 0.15) is 18.7 Å². The van der Waals surface area contributed by atoms with Gasteiger partial charge in [0, 0.05) is 26.6 Å². The molecule has 232 valence electrons. The van der Waals surface area contributed by atoms with Gasteiger partial charge >= 0.3 is 6.09 Å². The fourth-order valence-electron chi connectivity index (χ4n) is 5.44. The van der Waals surface area contributed by atoms with Gasteiger partial charge in [0.15, 0.2) is 6.29 Å². The molecule has 0 heterocycles. The first-order chi connectivity index (χ1) is 20.4. The number of carbonyl (C=O) groups excluding carboxylic acids is 3. The minimum Gasteiger partial charge on any atom is -0.449 e. The third kappa shape index (κ3) is 8.59. The molecule has 0 unspecified atom stereocenters. The van der Waals surface area contributed by atoms with Gasteiger partial charge in [-0.15, -0.1) is 12.3 Å². The van der Waals surface area contributed by atoms with Crippen LogP contribution in [0.5, 0.6) is 0 Å². The van der Waals surface area contributed by atoms with E-state index in [1.807, 2.05) is 71.0 Å². The molecule has 3 atom stereocenters. The molecule has 2 aromatic rings. The van der Waals surface area contributed by atoms with Crippen LogP contribution in [0.2, 0.25) is 0 Å². The molecular weight excluding hydrogens is 546 g/mol. The normalized spacial score (nSPS) is 14.7. The fraction of sp³-hybridized carbons (Fsp3) is 0.500. The summed E-state index contributed by atoms with van der Waals surface area (Å²) in [5.74, 6) is 1.58. The molecule has 3 rings (SSSR count). The first-order valence-corrected chi connectivity index (χ1v) is 14.6. The van der Waals surface area contributed by atoms with Crippen LogP contribution in [0.15, 0.2) is 48.5 Å². The van der Waals surface area contributed by atoms with E-state index < -0.39 is 47.7 Å². The number of terminal acetylenes is 1. The second-order valence-corrected chi connectivity index (χ2v) is 12.3. The van der Waals surface area contributed by atoms with Crippen molar-refractivity contribution in [2.45, 2.75) is 77.8 Å². The zero-order valence-electron chi connectivity index (χ0n) is 26.2. The van der Waals surface area contributed by atoms with E-state index in [1.165, 1.54) is 14.2 Å². The van der Waals surface area contributed by atoms with E-state index in [-0.39, 0.29) is 24.9 Å². The van der Waals surface area contributed by atoms with Gasteiger partial charge in [-0.25, -0.2) is 4.79 Å². The lowest BCUT2D eigenvalue weighted by molar-refractivity contribution is -0.140. The molecule has 0 spiro atoms. The highest BCUT2D eigenvalue weighted by molar-refractivity contribution is 5.92. The second kappa shape index (κ2) is 15.0. The monoisotopic (exact) mass is 591 g/mol. The number of amides is 3. The number of ether oxygens (including phenoxy) is 3. The summed E-state index contributed by atoms with van der Waals surface area (Å²) in [6, 6.07) is 13.7. The van der Waals surface area contributed by atoms with E-state index >= 15 is 0 Å². The Kier molecular flexibility index (Phi) is 11.8. The Morgan fingerprint density at radius 2 is 1.44 bits per heavy atom. The molecule has 2 aromatic carbocycles. The molecule has 1 aliphatic rings. The Morgan fingerprint density at radius 3 is 1.93 bits per heavy atom. The highest BCUT2D eigenvalue weighted by Crippen LogP contribution is 2.44. The smallest absolute Gasteiger partial charge is 0.407 e. The average Bonchev–Trinajstić information content (AvgIpc) is 3.27. The molecule has 3 N–H and O–H groups in total. The maximum atomic E-state index is 13.6. The van der Waals surface area contributed by atoms with Crippen molar-refractivity contribution in [3.63, 3.8) is 0 Å². The van der Waals surface area contributed by atoms with Crippen LogP contribution in [-0.4, -0.2) is 63.1 Å². The average molecular weight is 592 g/mol. The summed E-state index contributed by atoms with van der Waals surface area (Å²) in [6.45, 7) is 9.53. The summed E-state index contributed by atoms with van der Waals surface area (Å²) in [5.41, 5.74) is 3.76. The molecule has 1 aliphatic carbocycles. The van der Waals surface area contributed by atoms with Gasteiger partial charge in [-0.05, 0) is 40.0 Å². The summed E-state index contributed by atoms with van der Waals surface area (Å²) >= 11 is 0. The molecule has 0 bridgehead atoms. The van der Waals surface area contributed by atoms with Crippen molar-refractivity contribution in [1.29, 1.82) is 0 Å². The van der Waals surface area contributed by atoms with Crippen molar-refractivity contribution in [2.75, 3.05) is 20.8 Å². The Bertz CT molecular complexity index is 1260. The van der Waals surface area contributed by atoms with Crippen molar-refractivity contribution in [3.05, 3.63) is 59.7 Å². The summed E-state index contributed by atoms with van der Waals surface area (Å²) in [4.78, 5) is 40.1. The number of methoxy groups -OCH3 is 2. The van der Waals surface area contributed by atoms with Crippen LogP contribution in [0.3, 0.4) is 0 Å². The molecule has 0 saturated heterocycles.